The number of benzene rings is 2. The molecule has 33 heavy (non-hydrogen) atoms. The molecule has 0 saturated carbocycles. The van der Waals surface area contributed by atoms with E-state index in [1.54, 1.807) is 49.4 Å². The van der Waals surface area contributed by atoms with Gasteiger partial charge in [-0.2, -0.15) is 0 Å². The Kier molecular flexibility index (Phi) is 5.97. The highest BCUT2D eigenvalue weighted by molar-refractivity contribution is 6.03. The number of nitrogens with zero attached hydrogens (tertiary/aromatic N) is 1. The zero-order chi connectivity index (χ0) is 23.5. The maximum atomic E-state index is 12.8. The van der Waals surface area contributed by atoms with Crippen molar-refractivity contribution in [3.05, 3.63) is 87.9 Å². The number of nitro benzene ring substituents is 1. The fraction of sp³-hybridized carbons (Fsp3) is 0.125. The third-order valence-corrected chi connectivity index (χ3v) is 4.99. The van der Waals surface area contributed by atoms with Crippen molar-refractivity contribution < 1.29 is 28.4 Å². The second-order valence-corrected chi connectivity index (χ2v) is 7.23. The first-order chi connectivity index (χ1) is 15.9. The molecule has 4 rings (SSSR count). The van der Waals surface area contributed by atoms with Gasteiger partial charge in [0.2, 0.25) is 0 Å². The number of methoxy groups -OCH3 is 1. The number of aliphatic hydroxyl groups excluding tert-OH is 1. The molecule has 2 aromatic heterocycles. The highest BCUT2D eigenvalue weighted by Crippen LogP contribution is 2.34. The first-order valence-electron chi connectivity index (χ1n) is 9.94. The summed E-state index contributed by atoms with van der Waals surface area (Å²) >= 11 is 0. The predicted molar refractivity (Wildman–Crippen MR) is 120 cm³/mol. The number of aliphatic hydroxyl groups is 1. The molecule has 0 spiro atoms. The molecule has 0 aliphatic rings. The Hall–Kier alpha value is -4.37. The number of nitrogens with one attached hydrogen (secondary N) is 1. The first kappa shape index (κ1) is 21.8. The van der Waals surface area contributed by atoms with Crippen LogP contribution in [0, 0.1) is 17.0 Å². The van der Waals surface area contributed by atoms with Crippen LogP contribution >= 0.6 is 0 Å². The van der Waals surface area contributed by atoms with Crippen molar-refractivity contribution in [2.75, 3.05) is 12.4 Å². The molecule has 4 aromatic rings. The molecule has 0 atom stereocenters. The highest BCUT2D eigenvalue weighted by Gasteiger charge is 2.21. The molecule has 0 fully saturated rings. The van der Waals surface area contributed by atoms with Crippen molar-refractivity contribution in [2.24, 2.45) is 0 Å². The number of nitro groups is 1. The zero-order valence-corrected chi connectivity index (χ0v) is 17.8. The van der Waals surface area contributed by atoms with Crippen molar-refractivity contribution in [1.29, 1.82) is 0 Å². The second-order valence-electron chi connectivity index (χ2n) is 7.23. The summed E-state index contributed by atoms with van der Waals surface area (Å²) in [6.07, 6.45) is 0. The summed E-state index contributed by atoms with van der Waals surface area (Å²) in [4.78, 5) is 23.8. The lowest BCUT2D eigenvalue weighted by molar-refractivity contribution is -0.384. The molecule has 0 aliphatic carbocycles. The number of carbonyl (C=O) groups is 1. The third-order valence-electron chi connectivity index (χ3n) is 4.99. The number of hydrogen-bond donors (Lipinski definition) is 2. The fourth-order valence-electron chi connectivity index (χ4n) is 3.37. The van der Waals surface area contributed by atoms with Crippen LogP contribution in [0.2, 0.25) is 0 Å². The Morgan fingerprint density at radius 3 is 2.55 bits per heavy atom. The summed E-state index contributed by atoms with van der Waals surface area (Å²) in [6, 6.07) is 16.2. The summed E-state index contributed by atoms with van der Waals surface area (Å²) in [5, 5.41) is 23.4. The number of aryl methyl sites for hydroxylation is 1. The standard InChI is InChI=1S/C24H20N2O7/c1-14-3-6-17(19(11-14)26(29)30)21-9-10-23(33-21)24(28)25-18-12-15(4-7-22(18)31-2)20-8-5-16(13-27)32-20/h3-12,27H,13H2,1-2H3,(H,25,28). The average molecular weight is 448 g/mol. The summed E-state index contributed by atoms with van der Waals surface area (Å²) in [7, 11) is 1.48. The van der Waals surface area contributed by atoms with Gasteiger partial charge in [-0.1, -0.05) is 6.07 Å². The minimum atomic E-state index is -0.554. The first-order valence-corrected chi connectivity index (χ1v) is 9.94. The quantitative estimate of drug-likeness (QED) is 0.295. The van der Waals surface area contributed by atoms with Gasteiger partial charge in [-0.05, 0) is 61.0 Å². The molecular formula is C24H20N2O7. The number of hydrogen-bond acceptors (Lipinski definition) is 7. The van der Waals surface area contributed by atoms with E-state index in [-0.39, 0.29) is 29.4 Å². The van der Waals surface area contributed by atoms with E-state index < -0.39 is 10.8 Å². The fourth-order valence-corrected chi connectivity index (χ4v) is 3.37. The van der Waals surface area contributed by atoms with Gasteiger partial charge in [0.15, 0.2) is 5.76 Å². The van der Waals surface area contributed by atoms with Gasteiger partial charge in [-0.3, -0.25) is 14.9 Å². The van der Waals surface area contributed by atoms with Crippen LogP contribution in [-0.2, 0) is 6.61 Å². The van der Waals surface area contributed by atoms with Crippen LogP contribution in [0.5, 0.6) is 5.75 Å². The third kappa shape index (κ3) is 4.48. The largest absolute Gasteiger partial charge is 0.495 e. The molecule has 2 heterocycles. The Morgan fingerprint density at radius 1 is 1.06 bits per heavy atom. The summed E-state index contributed by atoms with van der Waals surface area (Å²) in [6.45, 7) is 1.53. The smallest absolute Gasteiger partial charge is 0.291 e. The maximum absolute atomic E-state index is 12.8. The lowest BCUT2D eigenvalue weighted by atomic mass is 10.1. The van der Waals surface area contributed by atoms with Crippen molar-refractivity contribution in [2.45, 2.75) is 13.5 Å². The van der Waals surface area contributed by atoms with Crippen LogP contribution < -0.4 is 10.1 Å². The van der Waals surface area contributed by atoms with Gasteiger partial charge in [-0.15, -0.1) is 0 Å². The summed E-state index contributed by atoms with van der Waals surface area (Å²) in [5.74, 6) is 0.986. The van der Waals surface area contributed by atoms with Crippen LogP contribution in [0.25, 0.3) is 22.6 Å². The molecule has 9 heteroatoms. The van der Waals surface area contributed by atoms with Crippen molar-refractivity contribution in [3.63, 3.8) is 0 Å². The predicted octanol–water partition coefficient (Wildman–Crippen LogP) is 5.18. The van der Waals surface area contributed by atoms with Crippen LogP contribution in [-0.4, -0.2) is 23.0 Å². The molecule has 9 nitrogen and oxygen atoms in total. The van der Waals surface area contributed by atoms with E-state index in [0.717, 1.165) is 5.56 Å². The van der Waals surface area contributed by atoms with Gasteiger partial charge >= 0.3 is 0 Å². The van der Waals surface area contributed by atoms with Gasteiger partial charge in [0, 0.05) is 11.6 Å². The van der Waals surface area contributed by atoms with Gasteiger partial charge in [0.05, 0.1) is 23.3 Å². The molecule has 0 saturated heterocycles. The molecule has 168 valence electrons. The lowest BCUT2D eigenvalue weighted by Gasteiger charge is -2.11. The van der Waals surface area contributed by atoms with Crippen molar-refractivity contribution in [3.8, 4) is 28.4 Å². The topological polar surface area (TPSA) is 128 Å². The van der Waals surface area contributed by atoms with E-state index in [2.05, 4.69) is 5.32 Å². The molecule has 2 N–H and O–H groups in total. The maximum Gasteiger partial charge on any atom is 0.291 e. The Bertz CT molecular complexity index is 1340. The molecule has 0 bridgehead atoms. The van der Waals surface area contributed by atoms with E-state index in [1.165, 1.54) is 25.3 Å². The average Bonchev–Trinajstić information content (AvgIpc) is 3.49. The van der Waals surface area contributed by atoms with E-state index in [0.29, 0.717) is 28.5 Å². The highest BCUT2D eigenvalue weighted by atomic mass is 16.6. The Balaban J connectivity index is 1.61. The van der Waals surface area contributed by atoms with Crippen molar-refractivity contribution >= 4 is 17.3 Å². The molecule has 0 unspecified atom stereocenters. The zero-order valence-electron chi connectivity index (χ0n) is 17.8. The Labute approximate surface area is 188 Å². The van der Waals surface area contributed by atoms with E-state index >= 15 is 0 Å². The number of ether oxygens (including phenoxy) is 1. The van der Waals surface area contributed by atoms with Gasteiger partial charge in [-0.25, -0.2) is 0 Å². The minimum Gasteiger partial charge on any atom is -0.495 e. The van der Waals surface area contributed by atoms with E-state index in [1.807, 2.05) is 0 Å². The van der Waals surface area contributed by atoms with E-state index in [9.17, 15) is 20.0 Å². The van der Waals surface area contributed by atoms with Gasteiger partial charge in [0.25, 0.3) is 11.6 Å². The van der Waals surface area contributed by atoms with Crippen LogP contribution in [0.1, 0.15) is 21.9 Å². The number of amides is 1. The lowest BCUT2D eigenvalue weighted by Crippen LogP contribution is -2.11. The number of anilines is 1. The van der Waals surface area contributed by atoms with E-state index in [4.69, 9.17) is 13.6 Å². The number of furan rings is 2. The van der Waals surface area contributed by atoms with Gasteiger partial charge in [0.1, 0.15) is 29.6 Å². The minimum absolute atomic E-state index is 0.0205. The summed E-state index contributed by atoms with van der Waals surface area (Å²) < 4.78 is 16.5. The SMILES string of the molecule is COc1ccc(-c2ccc(CO)o2)cc1NC(=O)c1ccc(-c2ccc(C)cc2[N+](=O)[O-])o1. The second kappa shape index (κ2) is 9.01. The summed E-state index contributed by atoms with van der Waals surface area (Å²) in [5.41, 5.74) is 1.96. The monoisotopic (exact) mass is 448 g/mol. The number of rotatable bonds is 7. The van der Waals surface area contributed by atoms with Crippen LogP contribution in [0.15, 0.2) is 69.5 Å². The van der Waals surface area contributed by atoms with Crippen LogP contribution in [0.3, 0.4) is 0 Å². The molecule has 1 amide bonds. The van der Waals surface area contributed by atoms with Crippen LogP contribution in [0.4, 0.5) is 11.4 Å². The Morgan fingerprint density at radius 2 is 1.85 bits per heavy atom. The molecule has 2 aromatic carbocycles. The van der Waals surface area contributed by atoms with Crippen molar-refractivity contribution in [1.82, 2.24) is 0 Å². The molecule has 0 aliphatic heterocycles. The van der Waals surface area contributed by atoms with Gasteiger partial charge < -0.3 is 24.0 Å². The number of carbonyl (C=O) groups excluding carboxylic acids is 1. The molecular weight excluding hydrogens is 428 g/mol. The normalized spacial score (nSPS) is 10.8. The molecule has 0 radical (unpaired) electrons.